The van der Waals surface area contributed by atoms with Crippen LogP contribution >= 0.6 is 34.5 Å². The second kappa shape index (κ2) is 7.84. The molecule has 1 aromatic heterocycles. The first kappa shape index (κ1) is 20.9. The van der Waals surface area contributed by atoms with Crippen molar-refractivity contribution in [1.82, 2.24) is 0 Å². The zero-order valence-electron chi connectivity index (χ0n) is 17.1. The number of hydrogen-bond donors (Lipinski definition) is 0. The van der Waals surface area contributed by atoms with E-state index in [1.165, 1.54) is 21.6 Å². The van der Waals surface area contributed by atoms with Crippen LogP contribution in [0, 0.1) is 0 Å². The summed E-state index contributed by atoms with van der Waals surface area (Å²) in [6.07, 6.45) is 2.30. The van der Waals surface area contributed by atoms with Crippen LogP contribution in [-0.4, -0.2) is 16.9 Å². The summed E-state index contributed by atoms with van der Waals surface area (Å²) in [6, 6.07) is 15.8. The largest absolute Gasteiger partial charge is 0.494 e. The lowest BCUT2D eigenvalue weighted by molar-refractivity contribution is -0.148. The van der Waals surface area contributed by atoms with Crippen molar-refractivity contribution in [3.8, 4) is 16.2 Å². The predicted octanol–water partition coefficient (Wildman–Crippen LogP) is 6.47. The molecule has 0 N–H and O–H groups in total. The summed E-state index contributed by atoms with van der Waals surface area (Å²) in [5.74, 6) is 0.362. The van der Waals surface area contributed by atoms with Crippen LogP contribution < -0.4 is 4.74 Å². The van der Waals surface area contributed by atoms with E-state index < -0.39 is 9.75 Å². The van der Waals surface area contributed by atoms with Gasteiger partial charge in [0.05, 0.1) is 6.61 Å². The summed E-state index contributed by atoms with van der Waals surface area (Å²) in [5.41, 5.74) is 4.66. The van der Waals surface area contributed by atoms with Gasteiger partial charge in [-0.25, -0.2) is 0 Å². The fourth-order valence-corrected chi connectivity index (χ4v) is 6.30. The van der Waals surface area contributed by atoms with Crippen molar-refractivity contribution in [2.45, 2.75) is 42.5 Å². The Kier molecular flexibility index (Phi) is 5.28. The molecule has 0 spiro atoms. The fraction of sp³-hybridized carbons (Fsp3) is 0.320. The van der Waals surface area contributed by atoms with Gasteiger partial charge in [0.15, 0.2) is 0 Å². The first-order valence-corrected chi connectivity index (χ1v) is 12.1. The number of carbonyl (C=O) groups is 1. The average molecular weight is 473 g/mol. The average Bonchev–Trinajstić information content (AvgIpc) is 3.11. The van der Waals surface area contributed by atoms with Crippen molar-refractivity contribution < 1.29 is 14.3 Å². The fourth-order valence-electron chi connectivity index (χ4n) is 4.52. The third-order valence-corrected chi connectivity index (χ3v) is 8.16. The van der Waals surface area contributed by atoms with E-state index in [2.05, 4.69) is 17.5 Å². The molecule has 0 saturated heterocycles. The van der Waals surface area contributed by atoms with Gasteiger partial charge in [0.2, 0.25) is 0 Å². The molecule has 0 amide bonds. The molecule has 5 rings (SSSR count). The van der Waals surface area contributed by atoms with Gasteiger partial charge in [-0.1, -0.05) is 53.5 Å². The van der Waals surface area contributed by atoms with E-state index in [0.29, 0.717) is 13.0 Å². The minimum absolute atomic E-state index is 0.214. The summed E-state index contributed by atoms with van der Waals surface area (Å²) in [7, 11) is 0. The Morgan fingerprint density at radius 3 is 2.58 bits per heavy atom. The van der Waals surface area contributed by atoms with Gasteiger partial charge < -0.3 is 9.47 Å². The predicted molar refractivity (Wildman–Crippen MR) is 125 cm³/mol. The topological polar surface area (TPSA) is 35.5 Å². The van der Waals surface area contributed by atoms with Crippen molar-refractivity contribution in [1.29, 1.82) is 0 Å². The highest BCUT2D eigenvalue weighted by molar-refractivity contribution is 7.13. The van der Waals surface area contributed by atoms with Crippen LogP contribution in [-0.2, 0) is 34.4 Å². The monoisotopic (exact) mass is 472 g/mol. The Morgan fingerprint density at radius 2 is 1.87 bits per heavy atom. The molecular formula is C25H22Cl2O3S. The van der Waals surface area contributed by atoms with Gasteiger partial charge in [0.25, 0.3) is 0 Å². The zero-order valence-corrected chi connectivity index (χ0v) is 19.4. The Morgan fingerprint density at radius 1 is 1.10 bits per heavy atom. The highest BCUT2D eigenvalue weighted by Gasteiger charge is 2.73. The molecule has 1 heterocycles. The second-order valence-electron chi connectivity index (χ2n) is 8.04. The number of fused-ring (bicyclic) bond motifs is 3. The third-order valence-electron chi connectivity index (χ3n) is 6.26. The number of rotatable bonds is 6. The van der Waals surface area contributed by atoms with Crippen LogP contribution in [0.2, 0.25) is 0 Å². The number of thiophene rings is 1. The van der Waals surface area contributed by atoms with Crippen LogP contribution in [0.5, 0.6) is 5.75 Å². The zero-order chi connectivity index (χ0) is 21.6. The molecule has 3 aromatic rings. The van der Waals surface area contributed by atoms with E-state index in [4.69, 9.17) is 32.7 Å². The van der Waals surface area contributed by atoms with Crippen molar-refractivity contribution in [3.63, 3.8) is 0 Å². The van der Waals surface area contributed by atoms with Gasteiger partial charge in [-0.3, -0.25) is 4.79 Å². The molecule has 2 aromatic carbocycles. The molecule has 1 saturated carbocycles. The van der Waals surface area contributed by atoms with E-state index in [0.717, 1.165) is 29.7 Å². The van der Waals surface area contributed by atoms with Gasteiger partial charge in [-0.2, -0.15) is 0 Å². The minimum Gasteiger partial charge on any atom is -0.494 e. The summed E-state index contributed by atoms with van der Waals surface area (Å²) in [5, 5.41) is 2.14. The number of halogens is 2. The maximum absolute atomic E-state index is 13.2. The molecule has 0 aliphatic heterocycles. The Bertz CT molecular complexity index is 1140. The van der Waals surface area contributed by atoms with E-state index >= 15 is 0 Å². The molecule has 2 aliphatic rings. The highest BCUT2D eigenvalue weighted by atomic mass is 35.5. The van der Waals surface area contributed by atoms with Gasteiger partial charge in [0, 0.05) is 11.3 Å². The van der Waals surface area contributed by atoms with Gasteiger partial charge in [-0.15, -0.1) is 11.3 Å². The number of carbonyl (C=O) groups excluding carboxylic acids is 1. The summed E-state index contributed by atoms with van der Waals surface area (Å²) >= 11 is 14.7. The molecule has 0 radical (unpaired) electrons. The first-order valence-electron chi connectivity index (χ1n) is 10.4. The van der Waals surface area contributed by atoms with E-state index in [1.807, 2.05) is 43.3 Å². The maximum atomic E-state index is 13.2. The second-order valence-corrected chi connectivity index (χ2v) is 10.4. The molecule has 6 heteroatoms. The van der Waals surface area contributed by atoms with Crippen LogP contribution in [0.3, 0.4) is 0 Å². The van der Waals surface area contributed by atoms with Crippen LogP contribution in [0.15, 0.2) is 53.9 Å². The smallest absolute Gasteiger partial charge is 0.320 e. The van der Waals surface area contributed by atoms with E-state index in [-0.39, 0.29) is 12.6 Å². The normalized spacial score (nSPS) is 20.5. The van der Waals surface area contributed by atoms with Crippen molar-refractivity contribution in [3.05, 3.63) is 76.2 Å². The van der Waals surface area contributed by atoms with Gasteiger partial charge in [0.1, 0.15) is 22.1 Å². The molecule has 3 nitrogen and oxygen atoms in total. The molecule has 1 atom stereocenters. The quantitative estimate of drug-likeness (QED) is 0.304. The molecule has 1 fully saturated rings. The lowest BCUT2D eigenvalue weighted by atomic mass is 9.88. The third kappa shape index (κ3) is 3.45. The number of alkyl halides is 2. The standard InChI is InChI=1S/C25H22Cl2O3S/c1-2-29-19-9-7-18(8-10-19)24(15-25(24,26)27)23(28)30-14-17-4-3-5-21-20(17)11-6-16-12-13-31-22(16)21/h3-5,7-10,12-13H,2,6,11,14-15H2,1H3. The summed E-state index contributed by atoms with van der Waals surface area (Å²) in [4.78, 5) is 14.6. The number of ether oxygens (including phenoxy) is 2. The summed E-state index contributed by atoms with van der Waals surface area (Å²) < 4.78 is 10.2. The summed E-state index contributed by atoms with van der Waals surface area (Å²) in [6.45, 7) is 2.72. The van der Waals surface area contributed by atoms with Crippen molar-refractivity contribution >= 4 is 40.5 Å². The molecule has 160 valence electrons. The highest BCUT2D eigenvalue weighted by Crippen LogP contribution is 2.65. The van der Waals surface area contributed by atoms with Crippen molar-refractivity contribution in [2.75, 3.05) is 6.61 Å². The lowest BCUT2D eigenvalue weighted by Gasteiger charge is -2.21. The maximum Gasteiger partial charge on any atom is 0.320 e. The number of hydrogen-bond acceptors (Lipinski definition) is 4. The SMILES string of the molecule is CCOc1ccc(C2(C(=O)OCc3cccc4c3CCc3ccsc3-4)CC2(Cl)Cl)cc1. The van der Waals surface area contributed by atoms with Gasteiger partial charge >= 0.3 is 5.97 Å². The number of aryl methyl sites for hydroxylation is 1. The lowest BCUT2D eigenvalue weighted by Crippen LogP contribution is -2.29. The van der Waals surface area contributed by atoms with Gasteiger partial charge in [-0.05, 0) is 71.2 Å². The van der Waals surface area contributed by atoms with Crippen LogP contribution in [0.25, 0.3) is 10.4 Å². The first-order chi connectivity index (χ1) is 15.0. The minimum atomic E-state index is -1.17. The molecular weight excluding hydrogens is 451 g/mol. The Hall–Kier alpha value is -2.01. The molecule has 0 bridgehead atoms. The molecule has 2 aliphatic carbocycles. The van der Waals surface area contributed by atoms with Crippen LogP contribution in [0.1, 0.15) is 35.6 Å². The van der Waals surface area contributed by atoms with Crippen molar-refractivity contribution in [2.24, 2.45) is 0 Å². The Balaban J connectivity index is 1.37. The Labute approximate surface area is 195 Å². The van der Waals surface area contributed by atoms with E-state index in [1.54, 1.807) is 11.3 Å². The van der Waals surface area contributed by atoms with E-state index in [9.17, 15) is 4.79 Å². The number of esters is 1. The molecule has 1 unspecified atom stereocenters. The number of benzene rings is 2. The molecule has 31 heavy (non-hydrogen) atoms. The van der Waals surface area contributed by atoms with Crippen LogP contribution in [0.4, 0.5) is 0 Å².